The summed E-state index contributed by atoms with van der Waals surface area (Å²) in [5.74, 6) is -0.122. The number of carbonyl (C=O) groups excluding carboxylic acids is 1. The average molecular weight is 331 g/mol. The van der Waals surface area contributed by atoms with Crippen LogP contribution in [0.4, 0.5) is 0 Å². The van der Waals surface area contributed by atoms with Gasteiger partial charge in [-0.05, 0) is 23.3 Å². The van der Waals surface area contributed by atoms with Crippen LogP contribution in [0.25, 0.3) is 10.9 Å². The number of nitrogens with one attached hydrogen (secondary N) is 2. The van der Waals surface area contributed by atoms with E-state index in [-0.39, 0.29) is 5.91 Å². The first kappa shape index (κ1) is 15.1. The molecule has 4 rings (SSSR count). The molecule has 2 heterocycles. The van der Waals surface area contributed by atoms with Crippen molar-refractivity contribution in [2.75, 3.05) is 0 Å². The molecule has 6 heteroatoms. The van der Waals surface area contributed by atoms with E-state index in [1.54, 1.807) is 18.5 Å². The van der Waals surface area contributed by atoms with Gasteiger partial charge in [0.15, 0.2) is 0 Å². The van der Waals surface area contributed by atoms with Gasteiger partial charge in [0, 0.05) is 24.3 Å². The Hall–Kier alpha value is -3.41. The van der Waals surface area contributed by atoms with Crippen LogP contribution >= 0.6 is 0 Å². The molecule has 6 nitrogen and oxygen atoms in total. The molecular formula is C19H17N5O. The lowest BCUT2D eigenvalue weighted by Crippen LogP contribution is -2.24. The minimum Gasteiger partial charge on any atom is -0.348 e. The Morgan fingerprint density at radius 2 is 1.96 bits per heavy atom. The van der Waals surface area contributed by atoms with E-state index in [0.717, 1.165) is 22.0 Å². The number of aromatic amines is 1. The predicted octanol–water partition coefficient (Wildman–Crippen LogP) is 2.74. The maximum Gasteiger partial charge on any atom is 0.253 e. The van der Waals surface area contributed by atoms with Crippen molar-refractivity contribution in [1.29, 1.82) is 0 Å². The summed E-state index contributed by atoms with van der Waals surface area (Å²) in [6, 6.07) is 15.5. The highest BCUT2D eigenvalue weighted by molar-refractivity contribution is 6.05. The topological polar surface area (TPSA) is 75.6 Å². The second kappa shape index (κ2) is 6.60. The highest BCUT2D eigenvalue weighted by Gasteiger charge is 2.12. The molecule has 0 saturated heterocycles. The van der Waals surface area contributed by atoms with Gasteiger partial charge in [-0.25, -0.2) is 0 Å². The van der Waals surface area contributed by atoms with Gasteiger partial charge in [0.05, 0.1) is 23.8 Å². The molecular weight excluding hydrogens is 314 g/mol. The molecule has 2 N–H and O–H groups in total. The lowest BCUT2D eigenvalue weighted by Gasteiger charge is -2.11. The van der Waals surface area contributed by atoms with Crippen molar-refractivity contribution < 1.29 is 4.79 Å². The molecule has 1 amide bonds. The van der Waals surface area contributed by atoms with Gasteiger partial charge in [-0.3, -0.25) is 14.6 Å². The molecule has 0 fully saturated rings. The Bertz CT molecular complexity index is 1000. The molecule has 0 spiro atoms. The van der Waals surface area contributed by atoms with Crippen LogP contribution in [-0.2, 0) is 13.1 Å². The van der Waals surface area contributed by atoms with Crippen molar-refractivity contribution in [2.24, 2.45) is 0 Å². The molecule has 124 valence electrons. The molecule has 2 aromatic carbocycles. The minimum atomic E-state index is -0.122. The third-order valence-corrected chi connectivity index (χ3v) is 4.17. The van der Waals surface area contributed by atoms with E-state index in [4.69, 9.17) is 0 Å². The van der Waals surface area contributed by atoms with Crippen molar-refractivity contribution in [3.8, 4) is 0 Å². The summed E-state index contributed by atoms with van der Waals surface area (Å²) < 4.78 is 1.87. The minimum absolute atomic E-state index is 0.122. The lowest BCUT2D eigenvalue weighted by atomic mass is 10.1. The predicted molar refractivity (Wildman–Crippen MR) is 95.0 cm³/mol. The molecule has 4 aromatic rings. The summed E-state index contributed by atoms with van der Waals surface area (Å²) in [5.41, 5.74) is 3.55. The number of aromatic nitrogens is 4. The largest absolute Gasteiger partial charge is 0.348 e. The van der Waals surface area contributed by atoms with Crippen LogP contribution in [0, 0.1) is 0 Å². The molecule has 0 unspecified atom stereocenters. The molecule has 0 radical (unpaired) electrons. The second-order valence-corrected chi connectivity index (χ2v) is 5.79. The number of rotatable bonds is 5. The summed E-state index contributed by atoms with van der Waals surface area (Å²) in [7, 11) is 0. The normalized spacial score (nSPS) is 10.9. The SMILES string of the molecule is O=C(NCc1ccccc1Cn1cccn1)c1cccc2cn[nH]c12. The maximum atomic E-state index is 12.6. The van der Waals surface area contributed by atoms with Crippen LogP contribution in [0.15, 0.2) is 67.1 Å². The van der Waals surface area contributed by atoms with E-state index in [2.05, 4.69) is 26.7 Å². The maximum absolute atomic E-state index is 12.6. The first-order chi connectivity index (χ1) is 12.3. The number of benzene rings is 2. The zero-order valence-corrected chi connectivity index (χ0v) is 13.5. The van der Waals surface area contributed by atoms with Gasteiger partial charge in [-0.15, -0.1) is 0 Å². The second-order valence-electron chi connectivity index (χ2n) is 5.79. The van der Waals surface area contributed by atoms with Crippen LogP contribution in [0.3, 0.4) is 0 Å². The van der Waals surface area contributed by atoms with Gasteiger partial charge in [0.1, 0.15) is 0 Å². The number of para-hydroxylation sites is 1. The van der Waals surface area contributed by atoms with Crippen LogP contribution in [0.2, 0.25) is 0 Å². The van der Waals surface area contributed by atoms with Crippen LogP contribution in [0.5, 0.6) is 0 Å². The third-order valence-electron chi connectivity index (χ3n) is 4.17. The lowest BCUT2D eigenvalue weighted by molar-refractivity contribution is 0.0952. The fourth-order valence-electron chi connectivity index (χ4n) is 2.88. The summed E-state index contributed by atoms with van der Waals surface area (Å²) in [5, 5.41) is 15.1. The van der Waals surface area contributed by atoms with Gasteiger partial charge in [0.25, 0.3) is 5.91 Å². The molecule has 2 aromatic heterocycles. The van der Waals surface area contributed by atoms with Gasteiger partial charge in [-0.1, -0.05) is 36.4 Å². The third kappa shape index (κ3) is 3.14. The first-order valence-corrected chi connectivity index (χ1v) is 8.06. The number of amides is 1. The highest BCUT2D eigenvalue weighted by Crippen LogP contribution is 2.16. The molecule has 0 aliphatic rings. The Balaban J connectivity index is 1.52. The van der Waals surface area contributed by atoms with E-state index >= 15 is 0 Å². The zero-order chi connectivity index (χ0) is 17.1. The first-order valence-electron chi connectivity index (χ1n) is 8.06. The van der Waals surface area contributed by atoms with E-state index in [1.165, 1.54) is 0 Å². The summed E-state index contributed by atoms with van der Waals surface area (Å²) in [6.07, 6.45) is 5.40. The van der Waals surface area contributed by atoms with Crippen molar-refractivity contribution in [3.63, 3.8) is 0 Å². The van der Waals surface area contributed by atoms with E-state index in [0.29, 0.717) is 18.7 Å². The summed E-state index contributed by atoms with van der Waals surface area (Å²) >= 11 is 0. The average Bonchev–Trinajstić information content (AvgIpc) is 3.31. The van der Waals surface area contributed by atoms with Gasteiger partial charge in [-0.2, -0.15) is 10.2 Å². The smallest absolute Gasteiger partial charge is 0.253 e. The van der Waals surface area contributed by atoms with Crippen molar-refractivity contribution >= 4 is 16.8 Å². The van der Waals surface area contributed by atoms with Gasteiger partial charge >= 0.3 is 0 Å². The Kier molecular flexibility index (Phi) is 4.00. The van der Waals surface area contributed by atoms with Gasteiger partial charge < -0.3 is 5.32 Å². The molecule has 0 saturated carbocycles. The zero-order valence-electron chi connectivity index (χ0n) is 13.5. The molecule has 0 bridgehead atoms. The Morgan fingerprint density at radius 3 is 2.80 bits per heavy atom. The van der Waals surface area contributed by atoms with Crippen LogP contribution < -0.4 is 5.32 Å². The van der Waals surface area contributed by atoms with Crippen molar-refractivity contribution in [2.45, 2.75) is 13.1 Å². The summed E-state index contributed by atoms with van der Waals surface area (Å²) in [4.78, 5) is 12.6. The van der Waals surface area contributed by atoms with E-state index < -0.39 is 0 Å². The molecule has 0 aliphatic heterocycles. The van der Waals surface area contributed by atoms with Crippen LogP contribution in [0.1, 0.15) is 21.5 Å². The number of H-pyrrole nitrogens is 1. The standard InChI is InChI=1S/C19H17N5O/c25-19(17-8-3-7-15-12-21-23-18(15)17)20-11-14-5-1-2-6-16(14)13-24-10-4-9-22-24/h1-10,12H,11,13H2,(H,20,25)(H,21,23). The Morgan fingerprint density at radius 1 is 1.08 bits per heavy atom. The van der Waals surface area contributed by atoms with Crippen molar-refractivity contribution in [3.05, 3.63) is 83.8 Å². The number of fused-ring (bicyclic) bond motifs is 1. The summed E-state index contributed by atoms with van der Waals surface area (Å²) in [6.45, 7) is 1.13. The van der Waals surface area contributed by atoms with Crippen LogP contribution in [-0.4, -0.2) is 25.9 Å². The fraction of sp³-hybridized carbons (Fsp3) is 0.105. The van der Waals surface area contributed by atoms with Gasteiger partial charge in [0.2, 0.25) is 0 Å². The Labute approximate surface area is 144 Å². The fourth-order valence-corrected chi connectivity index (χ4v) is 2.88. The van der Waals surface area contributed by atoms with Crippen molar-refractivity contribution in [1.82, 2.24) is 25.3 Å². The molecule has 0 aliphatic carbocycles. The molecule has 25 heavy (non-hydrogen) atoms. The van der Waals surface area contributed by atoms with E-state index in [9.17, 15) is 4.79 Å². The number of hydrogen-bond donors (Lipinski definition) is 2. The number of nitrogens with zero attached hydrogens (tertiary/aromatic N) is 3. The highest BCUT2D eigenvalue weighted by atomic mass is 16.1. The monoisotopic (exact) mass is 331 g/mol. The van der Waals surface area contributed by atoms with E-state index in [1.807, 2.05) is 47.3 Å². The number of carbonyl (C=O) groups is 1. The molecule has 0 atom stereocenters. The number of hydrogen-bond acceptors (Lipinski definition) is 3. The quantitative estimate of drug-likeness (QED) is 0.590.